The van der Waals surface area contributed by atoms with E-state index in [-0.39, 0.29) is 24.5 Å². The fourth-order valence-electron chi connectivity index (χ4n) is 4.12. The third-order valence-corrected chi connectivity index (χ3v) is 5.86. The monoisotopic (exact) mass is 405 g/mol. The molecular weight excluding hydrogens is 378 g/mol. The minimum atomic E-state index is -0.0546. The standard InChI is InChI=1S/C24H27N3O3/c1-16-7-9-22(30-2)18(15-16)21(28)8-10-23(29)27-13-11-17(12-14-27)24-25-19-5-3-4-6-20(19)26-24/h3-7,9,15,17H,8,10-14H2,1-2H3,(H,25,26). The molecule has 0 bridgehead atoms. The van der Waals surface area contributed by atoms with Crippen LogP contribution in [0.3, 0.4) is 0 Å². The topological polar surface area (TPSA) is 75.3 Å². The normalized spacial score (nSPS) is 14.8. The number of amides is 1. The van der Waals surface area contributed by atoms with Gasteiger partial charge >= 0.3 is 0 Å². The molecule has 156 valence electrons. The number of fused-ring (bicyclic) bond motifs is 1. The number of rotatable bonds is 6. The van der Waals surface area contributed by atoms with Crippen LogP contribution in [0, 0.1) is 6.92 Å². The number of aromatic amines is 1. The lowest BCUT2D eigenvalue weighted by Crippen LogP contribution is -2.38. The molecule has 2 aromatic carbocycles. The molecule has 0 atom stereocenters. The Labute approximate surface area is 176 Å². The highest BCUT2D eigenvalue weighted by Crippen LogP contribution is 2.28. The zero-order valence-electron chi connectivity index (χ0n) is 17.5. The number of H-pyrrole nitrogens is 1. The number of Topliss-reactive ketones (excluding diaryl/α,β-unsaturated/α-hetero) is 1. The molecule has 0 unspecified atom stereocenters. The van der Waals surface area contributed by atoms with Gasteiger partial charge in [0, 0.05) is 31.8 Å². The van der Waals surface area contributed by atoms with Gasteiger partial charge in [0.25, 0.3) is 0 Å². The van der Waals surface area contributed by atoms with Crippen LogP contribution in [-0.4, -0.2) is 46.8 Å². The lowest BCUT2D eigenvalue weighted by Gasteiger charge is -2.31. The molecule has 1 N–H and O–H groups in total. The third kappa shape index (κ3) is 4.22. The summed E-state index contributed by atoms with van der Waals surface area (Å²) in [6, 6.07) is 13.6. The van der Waals surface area contributed by atoms with Crippen LogP contribution in [0.25, 0.3) is 11.0 Å². The Bertz CT molecular complexity index is 1030. The third-order valence-electron chi connectivity index (χ3n) is 5.86. The zero-order chi connectivity index (χ0) is 21.1. The lowest BCUT2D eigenvalue weighted by molar-refractivity contribution is -0.132. The molecule has 6 nitrogen and oxygen atoms in total. The largest absolute Gasteiger partial charge is 0.496 e. The molecule has 0 saturated carbocycles. The van der Waals surface area contributed by atoms with E-state index < -0.39 is 0 Å². The van der Waals surface area contributed by atoms with E-state index in [1.165, 1.54) is 0 Å². The van der Waals surface area contributed by atoms with Crippen molar-refractivity contribution in [2.24, 2.45) is 0 Å². The minimum Gasteiger partial charge on any atom is -0.496 e. The average molecular weight is 405 g/mol. The van der Waals surface area contributed by atoms with Gasteiger partial charge in [0.15, 0.2) is 5.78 Å². The predicted molar refractivity (Wildman–Crippen MR) is 116 cm³/mol. The first-order chi connectivity index (χ1) is 14.5. The predicted octanol–water partition coefficient (Wildman–Crippen LogP) is 4.25. The first-order valence-electron chi connectivity index (χ1n) is 10.5. The van der Waals surface area contributed by atoms with Crippen LogP contribution in [0.2, 0.25) is 0 Å². The summed E-state index contributed by atoms with van der Waals surface area (Å²) >= 11 is 0. The number of para-hydroxylation sites is 2. The van der Waals surface area contributed by atoms with E-state index in [2.05, 4.69) is 4.98 Å². The number of aromatic nitrogens is 2. The number of carbonyl (C=O) groups is 2. The van der Waals surface area contributed by atoms with E-state index >= 15 is 0 Å². The van der Waals surface area contributed by atoms with E-state index in [0.29, 0.717) is 30.3 Å². The molecule has 1 fully saturated rings. The molecular formula is C24H27N3O3. The highest BCUT2D eigenvalue weighted by Gasteiger charge is 2.26. The summed E-state index contributed by atoms with van der Waals surface area (Å²) in [5, 5.41) is 0. The van der Waals surface area contributed by atoms with Crippen molar-refractivity contribution in [3.63, 3.8) is 0 Å². The number of nitrogens with zero attached hydrogens (tertiary/aromatic N) is 2. The number of ether oxygens (including phenoxy) is 1. The number of methoxy groups -OCH3 is 1. The average Bonchev–Trinajstić information content (AvgIpc) is 3.21. The summed E-state index contributed by atoms with van der Waals surface area (Å²) in [6.07, 6.45) is 2.18. The number of piperidine rings is 1. The summed E-state index contributed by atoms with van der Waals surface area (Å²) < 4.78 is 5.30. The summed E-state index contributed by atoms with van der Waals surface area (Å²) in [5.41, 5.74) is 3.58. The van der Waals surface area contributed by atoms with Crippen molar-refractivity contribution < 1.29 is 14.3 Å². The first kappa shape index (κ1) is 20.1. The maximum Gasteiger partial charge on any atom is 0.223 e. The van der Waals surface area contributed by atoms with E-state index in [9.17, 15) is 9.59 Å². The lowest BCUT2D eigenvalue weighted by atomic mass is 9.95. The molecule has 1 aromatic heterocycles. The van der Waals surface area contributed by atoms with E-state index in [1.807, 2.05) is 48.2 Å². The van der Waals surface area contributed by atoms with E-state index in [0.717, 1.165) is 35.3 Å². The Kier molecular flexibility index (Phi) is 5.84. The molecule has 1 aliphatic rings. The van der Waals surface area contributed by atoms with Crippen molar-refractivity contribution >= 4 is 22.7 Å². The SMILES string of the molecule is COc1ccc(C)cc1C(=O)CCC(=O)N1CCC(c2nc3ccccc3[nH]2)CC1. The number of benzene rings is 2. The van der Waals surface area contributed by atoms with Crippen LogP contribution in [0.1, 0.15) is 53.3 Å². The maximum atomic E-state index is 12.7. The van der Waals surface area contributed by atoms with Gasteiger partial charge in [-0.2, -0.15) is 0 Å². The van der Waals surface area contributed by atoms with Crippen LogP contribution < -0.4 is 4.74 Å². The Morgan fingerprint density at radius 1 is 1.13 bits per heavy atom. The number of hydrogen-bond donors (Lipinski definition) is 1. The number of hydrogen-bond acceptors (Lipinski definition) is 4. The maximum absolute atomic E-state index is 12.7. The molecule has 3 aromatic rings. The van der Waals surface area contributed by atoms with Crippen LogP contribution in [0.4, 0.5) is 0 Å². The number of carbonyl (C=O) groups excluding carboxylic acids is 2. The molecule has 0 spiro atoms. The second-order valence-electron chi connectivity index (χ2n) is 7.92. The van der Waals surface area contributed by atoms with Crippen molar-refractivity contribution in [1.29, 1.82) is 0 Å². The quantitative estimate of drug-likeness (QED) is 0.622. The van der Waals surface area contributed by atoms with E-state index in [4.69, 9.17) is 9.72 Å². The molecule has 4 rings (SSSR count). The van der Waals surface area contributed by atoms with Crippen LogP contribution in [0.5, 0.6) is 5.75 Å². The van der Waals surface area contributed by atoms with Crippen LogP contribution in [0.15, 0.2) is 42.5 Å². The van der Waals surface area contributed by atoms with Gasteiger partial charge in [0.2, 0.25) is 5.91 Å². The molecule has 1 aliphatic heterocycles. The van der Waals surface area contributed by atoms with Crippen molar-refractivity contribution in [3.8, 4) is 5.75 Å². The molecule has 2 heterocycles. The van der Waals surface area contributed by atoms with E-state index in [1.54, 1.807) is 13.2 Å². The minimum absolute atomic E-state index is 0.0398. The van der Waals surface area contributed by atoms with Crippen LogP contribution in [-0.2, 0) is 4.79 Å². The Morgan fingerprint density at radius 2 is 1.90 bits per heavy atom. The summed E-state index contributed by atoms with van der Waals surface area (Å²) in [7, 11) is 1.55. The van der Waals surface area contributed by atoms with Crippen molar-refractivity contribution in [1.82, 2.24) is 14.9 Å². The number of likely N-dealkylation sites (tertiary alicyclic amines) is 1. The molecule has 1 saturated heterocycles. The molecule has 6 heteroatoms. The van der Waals surface area contributed by atoms with Crippen molar-refractivity contribution in [2.45, 2.75) is 38.5 Å². The molecule has 0 radical (unpaired) electrons. The number of ketones is 1. The van der Waals surface area contributed by atoms with Gasteiger partial charge in [-0.25, -0.2) is 4.98 Å². The fraction of sp³-hybridized carbons (Fsp3) is 0.375. The van der Waals surface area contributed by atoms with Gasteiger partial charge in [0.1, 0.15) is 11.6 Å². The first-order valence-corrected chi connectivity index (χ1v) is 10.5. The molecule has 1 amide bonds. The van der Waals surface area contributed by atoms with Gasteiger partial charge in [-0.3, -0.25) is 9.59 Å². The highest BCUT2D eigenvalue weighted by atomic mass is 16.5. The zero-order valence-corrected chi connectivity index (χ0v) is 17.5. The molecule has 0 aliphatic carbocycles. The highest BCUT2D eigenvalue weighted by molar-refractivity contribution is 6.00. The fourth-order valence-corrected chi connectivity index (χ4v) is 4.12. The van der Waals surface area contributed by atoms with Gasteiger partial charge < -0.3 is 14.6 Å². The second-order valence-corrected chi connectivity index (χ2v) is 7.92. The summed E-state index contributed by atoms with van der Waals surface area (Å²) in [5.74, 6) is 1.88. The van der Waals surface area contributed by atoms with Gasteiger partial charge in [-0.15, -0.1) is 0 Å². The number of aryl methyl sites for hydroxylation is 1. The summed E-state index contributed by atoms with van der Waals surface area (Å²) in [6.45, 7) is 3.33. The van der Waals surface area contributed by atoms with Gasteiger partial charge in [0.05, 0.1) is 23.7 Å². The number of nitrogens with one attached hydrogen (secondary N) is 1. The van der Waals surface area contributed by atoms with Crippen molar-refractivity contribution in [2.75, 3.05) is 20.2 Å². The molecule has 30 heavy (non-hydrogen) atoms. The van der Waals surface area contributed by atoms with Gasteiger partial charge in [-0.1, -0.05) is 23.8 Å². The van der Waals surface area contributed by atoms with Crippen molar-refractivity contribution in [3.05, 3.63) is 59.4 Å². The van der Waals surface area contributed by atoms with Crippen LogP contribution >= 0.6 is 0 Å². The second kappa shape index (κ2) is 8.69. The van der Waals surface area contributed by atoms with Gasteiger partial charge in [-0.05, 0) is 44.0 Å². The Hall–Kier alpha value is -3.15. The Morgan fingerprint density at radius 3 is 2.63 bits per heavy atom. The smallest absolute Gasteiger partial charge is 0.223 e. The Balaban J connectivity index is 1.31. The number of imidazole rings is 1. The summed E-state index contributed by atoms with van der Waals surface area (Å²) in [4.78, 5) is 35.3.